The molecule has 8 aromatic rings. The van der Waals surface area contributed by atoms with Gasteiger partial charge in [-0.15, -0.1) is 12.6 Å². The van der Waals surface area contributed by atoms with Gasteiger partial charge in [0, 0.05) is 57.4 Å². The molecule has 0 radical (unpaired) electrons. The molecule has 47 heavy (non-hydrogen) atoms. The summed E-state index contributed by atoms with van der Waals surface area (Å²) in [7, 11) is 0. The Labute approximate surface area is 275 Å². The first-order chi connectivity index (χ1) is 23.3. The fourth-order valence-electron chi connectivity index (χ4n) is 6.44. The standard InChI is InChI=1S/C40H24N6S/c47-39-34(25-12-3-1-2-4-13-25)27-14-5-6-15-28(27)35-37-33(19-11-23-42-37)46(38(35)39)40-44-31-18-8-7-16-29(31)36(45-40)32-21-20-26(24-43-32)30-17-9-10-22-41-30/h1,3,5-12,14-24,47H,2H2. The van der Waals surface area contributed by atoms with E-state index in [1.807, 2.05) is 73.1 Å². The Kier molecular flexibility index (Phi) is 6.41. The smallest absolute Gasteiger partial charge is 0.235 e. The molecular formula is C40H24N6S. The quantitative estimate of drug-likeness (QED) is 0.157. The summed E-state index contributed by atoms with van der Waals surface area (Å²) in [5.41, 5.74) is 8.62. The van der Waals surface area contributed by atoms with E-state index in [1.54, 1.807) is 6.20 Å². The highest BCUT2D eigenvalue weighted by Gasteiger charge is 2.25. The highest BCUT2D eigenvalue weighted by molar-refractivity contribution is 7.80. The number of allylic oxidation sites excluding steroid dienone is 4. The molecule has 9 rings (SSSR count). The van der Waals surface area contributed by atoms with E-state index in [9.17, 15) is 0 Å². The van der Waals surface area contributed by atoms with Crippen LogP contribution < -0.4 is 0 Å². The highest BCUT2D eigenvalue weighted by atomic mass is 32.1. The van der Waals surface area contributed by atoms with Crippen LogP contribution >= 0.6 is 12.6 Å². The molecule has 0 fully saturated rings. The van der Waals surface area contributed by atoms with E-state index in [2.05, 4.69) is 70.0 Å². The van der Waals surface area contributed by atoms with Crippen molar-refractivity contribution in [2.24, 2.45) is 0 Å². The maximum Gasteiger partial charge on any atom is 0.235 e. The molecule has 0 aliphatic heterocycles. The summed E-state index contributed by atoms with van der Waals surface area (Å²) >= 11 is 5.28. The zero-order valence-corrected chi connectivity index (χ0v) is 25.9. The fraction of sp³-hybridized carbons (Fsp3) is 0.0250. The van der Waals surface area contributed by atoms with Crippen LogP contribution in [0.2, 0.25) is 0 Å². The summed E-state index contributed by atoms with van der Waals surface area (Å²) in [6.07, 6.45) is 12.4. The zero-order chi connectivity index (χ0) is 31.3. The first-order valence-corrected chi connectivity index (χ1v) is 15.7. The molecule has 0 saturated carbocycles. The van der Waals surface area contributed by atoms with Crippen LogP contribution in [0.25, 0.3) is 77.8 Å². The van der Waals surface area contributed by atoms with E-state index < -0.39 is 0 Å². The van der Waals surface area contributed by atoms with Gasteiger partial charge in [-0.1, -0.05) is 72.5 Å². The topological polar surface area (TPSA) is 69.4 Å². The molecule has 7 heteroatoms. The van der Waals surface area contributed by atoms with Crippen molar-refractivity contribution in [3.8, 4) is 40.4 Å². The predicted octanol–water partition coefficient (Wildman–Crippen LogP) is 9.03. The summed E-state index contributed by atoms with van der Waals surface area (Å²) in [5.74, 6) is 7.18. The Balaban J connectivity index is 1.36. The number of fused-ring (bicyclic) bond motifs is 6. The van der Waals surface area contributed by atoms with E-state index in [0.717, 1.165) is 82.3 Å². The Hall–Kier alpha value is -6.10. The van der Waals surface area contributed by atoms with Crippen molar-refractivity contribution in [1.29, 1.82) is 0 Å². The van der Waals surface area contributed by atoms with Crippen LogP contribution in [0, 0.1) is 11.8 Å². The van der Waals surface area contributed by atoms with Crippen molar-refractivity contribution >= 4 is 61.8 Å². The number of hydrogen-bond donors (Lipinski definition) is 1. The minimum absolute atomic E-state index is 0.514. The van der Waals surface area contributed by atoms with Crippen LogP contribution in [0.15, 0.2) is 133 Å². The van der Waals surface area contributed by atoms with Gasteiger partial charge in [-0.2, -0.15) is 0 Å². The minimum Gasteiger partial charge on any atom is -0.275 e. The van der Waals surface area contributed by atoms with Gasteiger partial charge in [0.05, 0.1) is 33.5 Å². The number of nitrogens with zero attached hydrogens (tertiary/aromatic N) is 6. The van der Waals surface area contributed by atoms with Crippen LogP contribution in [-0.4, -0.2) is 29.5 Å². The molecule has 220 valence electrons. The van der Waals surface area contributed by atoms with Crippen LogP contribution in [0.4, 0.5) is 0 Å². The van der Waals surface area contributed by atoms with Crippen LogP contribution in [0.3, 0.4) is 0 Å². The Bertz CT molecular complexity index is 2660. The first kappa shape index (κ1) is 27.2. The molecule has 6 nitrogen and oxygen atoms in total. The van der Waals surface area contributed by atoms with E-state index in [0.29, 0.717) is 12.4 Å². The third-order valence-corrected chi connectivity index (χ3v) is 8.96. The van der Waals surface area contributed by atoms with Gasteiger partial charge in [-0.05, 0) is 59.3 Å². The third-order valence-electron chi connectivity index (χ3n) is 8.52. The lowest BCUT2D eigenvalue weighted by Crippen LogP contribution is -2.05. The number of aromatic nitrogens is 6. The lowest BCUT2D eigenvalue weighted by atomic mass is 9.95. The molecule has 0 N–H and O–H groups in total. The van der Waals surface area contributed by atoms with Gasteiger partial charge in [0.2, 0.25) is 5.95 Å². The molecule has 1 aliphatic carbocycles. The van der Waals surface area contributed by atoms with Crippen molar-refractivity contribution in [2.45, 2.75) is 11.3 Å². The fourth-order valence-corrected chi connectivity index (χ4v) is 6.90. The van der Waals surface area contributed by atoms with Gasteiger partial charge >= 0.3 is 0 Å². The van der Waals surface area contributed by atoms with Crippen molar-refractivity contribution in [1.82, 2.24) is 29.5 Å². The lowest BCUT2D eigenvalue weighted by Gasteiger charge is -2.15. The van der Waals surface area contributed by atoms with E-state index >= 15 is 0 Å². The Morgan fingerprint density at radius 1 is 0.723 bits per heavy atom. The van der Waals surface area contributed by atoms with E-state index in [4.69, 9.17) is 32.6 Å². The maximum absolute atomic E-state index is 5.28. The maximum atomic E-state index is 5.28. The number of rotatable bonds is 4. The number of para-hydroxylation sites is 1. The number of hydrogen-bond acceptors (Lipinski definition) is 6. The monoisotopic (exact) mass is 620 g/mol. The molecule has 1 aliphatic rings. The highest BCUT2D eigenvalue weighted by Crippen LogP contribution is 2.44. The molecule has 5 heterocycles. The first-order valence-electron chi connectivity index (χ1n) is 15.3. The van der Waals surface area contributed by atoms with E-state index in [1.165, 1.54) is 0 Å². The van der Waals surface area contributed by atoms with Crippen molar-refractivity contribution < 1.29 is 0 Å². The molecule has 0 bridgehead atoms. The SMILES string of the molecule is Sc1c(C2=CC=CCC#C2)c2ccccc2c2c3ncccc3n(-c3nc(-c4ccc(-c5ccccn5)cn4)c4ccccc4n3)c12. The van der Waals surface area contributed by atoms with Gasteiger partial charge < -0.3 is 0 Å². The Morgan fingerprint density at radius 3 is 2.40 bits per heavy atom. The minimum atomic E-state index is 0.514. The van der Waals surface area contributed by atoms with Gasteiger partial charge in [-0.25, -0.2) is 9.97 Å². The average Bonchev–Trinajstić information content (AvgIpc) is 3.25. The molecule has 3 aromatic carbocycles. The molecule has 0 amide bonds. The normalized spacial score (nSPS) is 12.7. The van der Waals surface area contributed by atoms with Crippen LogP contribution in [0.1, 0.15) is 12.0 Å². The molecule has 0 atom stereocenters. The van der Waals surface area contributed by atoms with Crippen molar-refractivity contribution in [2.75, 3.05) is 0 Å². The summed E-state index contributed by atoms with van der Waals surface area (Å²) in [6, 6.07) is 30.4. The number of pyridine rings is 3. The van der Waals surface area contributed by atoms with Crippen LogP contribution in [-0.2, 0) is 0 Å². The predicted molar refractivity (Wildman–Crippen MR) is 192 cm³/mol. The van der Waals surface area contributed by atoms with Gasteiger partial charge in [0.15, 0.2) is 0 Å². The summed E-state index contributed by atoms with van der Waals surface area (Å²) in [5, 5.41) is 4.05. The third kappa shape index (κ3) is 4.42. The summed E-state index contributed by atoms with van der Waals surface area (Å²) < 4.78 is 2.09. The van der Waals surface area contributed by atoms with Gasteiger partial charge in [0.1, 0.15) is 5.69 Å². The second-order valence-electron chi connectivity index (χ2n) is 11.3. The number of thiol groups is 1. The number of benzene rings is 3. The van der Waals surface area contributed by atoms with Crippen molar-refractivity contribution in [3.63, 3.8) is 0 Å². The lowest BCUT2D eigenvalue weighted by molar-refractivity contribution is 1.00. The van der Waals surface area contributed by atoms with Gasteiger partial charge in [0.25, 0.3) is 0 Å². The summed E-state index contributed by atoms with van der Waals surface area (Å²) in [4.78, 5) is 25.5. The van der Waals surface area contributed by atoms with Crippen LogP contribution in [0.5, 0.6) is 0 Å². The molecule has 0 unspecified atom stereocenters. The molecule has 0 spiro atoms. The average molecular weight is 621 g/mol. The second kappa shape index (κ2) is 11.1. The zero-order valence-electron chi connectivity index (χ0n) is 25.0. The van der Waals surface area contributed by atoms with Gasteiger partial charge in [-0.3, -0.25) is 19.5 Å². The molecule has 0 saturated heterocycles. The molecular weight excluding hydrogens is 597 g/mol. The van der Waals surface area contributed by atoms with Crippen molar-refractivity contribution in [3.05, 3.63) is 133 Å². The Morgan fingerprint density at radius 2 is 1.55 bits per heavy atom. The van der Waals surface area contributed by atoms with E-state index in [-0.39, 0.29) is 0 Å². The second-order valence-corrected chi connectivity index (χ2v) is 11.7. The largest absolute Gasteiger partial charge is 0.275 e. The molecule has 5 aromatic heterocycles. The summed E-state index contributed by atoms with van der Waals surface area (Å²) in [6.45, 7) is 0.